The molecular formula is C24H28N4O3S. The summed E-state index contributed by atoms with van der Waals surface area (Å²) in [6.45, 7) is 0. The molecule has 0 aliphatic heterocycles. The minimum absolute atomic E-state index is 0.190. The number of rotatable bonds is 8. The van der Waals surface area contributed by atoms with Gasteiger partial charge in [-0.15, -0.1) is 0 Å². The minimum atomic E-state index is -3.37. The lowest BCUT2D eigenvalue weighted by atomic mass is 9.91. The Hall–Kier alpha value is -2.87. The number of anilines is 2. The Kier molecular flexibility index (Phi) is 5.63. The zero-order chi connectivity index (χ0) is 22.1. The van der Waals surface area contributed by atoms with Crippen molar-refractivity contribution >= 4 is 39.0 Å². The first kappa shape index (κ1) is 21.0. The van der Waals surface area contributed by atoms with E-state index in [1.807, 2.05) is 30.5 Å². The molecule has 0 spiro atoms. The van der Waals surface area contributed by atoms with Gasteiger partial charge in [0.25, 0.3) is 0 Å². The van der Waals surface area contributed by atoms with E-state index in [0.29, 0.717) is 11.5 Å². The average Bonchev–Trinajstić information content (AvgIpc) is 3.50. The number of sulfonamides is 1. The third kappa shape index (κ3) is 4.50. The van der Waals surface area contributed by atoms with E-state index in [9.17, 15) is 13.2 Å². The summed E-state index contributed by atoms with van der Waals surface area (Å²) in [5, 5.41) is 0.959. The highest BCUT2D eigenvalue weighted by Gasteiger charge is 2.30. The second kappa shape index (κ2) is 8.58. The highest BCUT2D eigenvalue weighted by molar-refractivity contribution is 7.92. The summed E-state index contributed by atoms with van der Waals surface area (Å²) in [6.07, 6.45) is 10.1. The van der Waals surface area contributed by atoms with Crippen LogP contribution in [0.15, 0.2) is 42.6 Å². The Balaban J connectivity index is 1.39. The molecule has 0 saturated heterocycles. The summed E-state index contributed by atoms with van der Waals surface area (Å²) >= 11 is 0. The second-order valence-electron chi connectivity index (χ2n) is 8.98. The Labute approximate surface area is 188 Å². The van der Waals surface area contributed by atoms with Gasteiger partial charge in [0.05, 0.1) is 5.75 Å². The summed E-state index contributed by atoms with van der Waals surface area (Å²) < 4.78 is 28.0. The van der Waals surface area contributed by atoms with E-state index in [1.165, 1.54) is 6.42 Å². The van der Waals surface area contributed by atoms with Gasteiger partial charge >= 0.3 is 0 Å². The first-order valence-corrected chi connectivity index (χ1v) is 13.0. The zero-order valence-corrected chi connectivity index (χ0v) is 18.8. The third-order valence-electron chi connectivity index (χ3n) is 6.48. The van der Waals surface area contributed by atoms with Crippen molar-refractivity contribution < 1.29 is 13.2 Å². The van der Waals surface area contributed by atoms with E-state index in [0.717, 1.165) is 67.1 Å². The van der Waals surface area contributed by atoms with Crippen molar-refractivity contribution in [1.82, 2.24) is 9.97 Å². The normalized spacial score (nSPS) is 17.4. The van der Waals surface area contributed by atoms with Crippen LogP contribution in [0.4, 0.5) is 11.5 Å². The monoisotopic (exact) mass is 452 g/mol. The van der Waals surface area contributed by atoms with Crippen LogP contribution in [0.1, 0.15) is 44.9 Å². The van der Waals surface area contributed by atoms with Crippen LogP contribution in [-0.4, -0.2) is 36.6 Å². The largest absolute Gasteiger partial charge is 0.346 e. The van der Waals surface area contributed by atoms with Gasteiger partial charge in [0.1, 0.15) is 11.5 Å². The predicted molar refractivity (Wildman–Crippen MR) is 127 cm³/mol. The molecule has 0 radical (unpaired) electrons. The van der Waals surface area contributed by atoms with Crippen molar-refractivity contribution in [2.24, 2.45) is 5.92 Å². The number of H-pyrrole nitrogens is 1. The Morgan fingerprint density at radius 3 is 2.50 bits per heavy atom. The number of carbonyl (C=O) groups is 1. The number of carbonyl (C=O) groups excluding carboxylic acids is 1. The molecule has 2 saturated carbocycles. The van der Waals surface area contributed by atoms with Gasteiger partial charge in [-0.05, 0) is 67.0 Å². The molecule has 2 aliphatic rings. The second-order valence-corrected chi connectivity index (χ2v) is 10.7. The van der Waals surface area contributed by atoms with Crippen molar-refractivity contribution in [3.05, 3.63) is 42.6 Å². The lowest BCUT2D eigenvalue weighted by Gasteiger charge is -2.21. The highest BCUT2D eigenvalue weighted by Crippen LogP contribution is 2.35. The molecule has 1 aromatic carbocycles. The van der Waals surface area contributed by atoms with E-state index < -0.39 is 10.0 Å². The molecule has 2 fully saturated rings. The Morgan fingerprint density at radius 2 is 1.81 bits per heavy atom. The lowest BCUT2D eigenvalue weighted by molar-refractivity contribution is -0.107. The number of fused-ring (bicyclic) bond motifs is 1. The Bertz CT molecular complexity index is 1210. The van der Waals surface area contributed by atoms with Crippen LogP contribution in [0.2, 0.25) is 0 Å². The molecule has 2 N–H and O–H groups in total. The van der Waals surface area contributed by atoms with Crippen LogP contribution in [0.25, 0.3) is 22.2 Å². The predicted octanol–water partition coefficient (Wildman–Crippen LogP) is 4.68. The van der Waals surface area contributed by atoms with E-state index in [1.54, 1.807) is 17.0 Å². The maximum Gasteiger partial charge on any atom is 0.232 e. The first-order chi connectivity index (χ1) is 15.5. The number of hydrogen-bond acceptors (Lipinski definition) is 4. The summed E-state index contributed by atoms with van der Waals surface area (Å²) in [5.74, 6) is 1.07. The molecule has 2 aliphatic carbocycles. The van der Waals surface area contributed by atoms with Crippen molar-refractivity contribution in [3.8, 4) is 11.1 Å². The van der Waals surface area contributed by atoms with Crippen LogP contribution in [-0.2, 0) is 14.8 Å². The van der Waals surface area contributed by atoms with Crippen molar-refractivity contribution in [2.75, 3.05) is 15.4 Å². The zero-order valence-electron chi connectivity index (χ0n) is 18.0. The van der Waals surface area contributed by atoms with Crippen molar-refractivity contribution in [2.45, 2.75) is 51.0 Å². The number of aromatic amines is 1. The van der Waals surface area contributed by atoms with Gasteiger partial charge in [-0.25, -0.2) is 13.4 Å². The number of nitrogens with one attached hydrogen (secondary N) is 2. The number of benzene rings is 1. The van der Waals surface area contributed by atoms with Gasteiger partial charge in [-0.3, -0.25) is 14.4 Å². The molecule has 5 rings (SSSR count). The van der Waals surface area contributed by atoms with Crippen LogP contribution in [0.5, 0.6) is 0 Å². The lowest BCUT2D eigenvalue weighted by Crippen LogP contribution is -2.24. The minimum Gasteiger partial charge on any atom is -0.346 e. The van der Waals surface area contributed by atoms with Crippen LogP contribution in [0, 0.1) is 5.92 Å². The van der Waals surface area contributed by atoms with Gasteiger partial charge < -0.3 is 4.98 Å². The number of aromatic nitrogens is 2. The van der Waals surface area contributed by atoms with E-state index in [4.69, 9.17) is 0 Å². The fraction of sp³-hybridized carbons (Fsp3) is 0.417. The maximum atomic E-state index is 12.6. The van der Waals surface area contributed by atoms with Gasteiger partial charge in [0.15, 0.2) is 0 Å². The maximum absolute atomic E-state index is 12.6. The van der Waals surface area contributed by atoms with E-state index in [-0.39, 0.29) is 17.7 Å². The van der Waals surface area contributed by atoms with Crippen LogP contribution < -0.4 is 9.62 Å². The number of nitrogens with zero attached hydrogens (tertiary/aromatic N) is 2. The number of hydrogen-bond donors (Lipinski definition) is 2. The fourth-order valence-electron chi connectivity index (χ4n) is 4.68. The smallest absolute Gasteiger partial charge is 0.232 e. The summed E-state index contributed by atoms with van der Waals surface area (Å²) in [4.78, 5) is 21.1. The summed E-state index contributed by atoms with van der Waals surface area (Å²) in [7, 11) is -3.37. The van der Waals surface area contributed by atoms with Crippen LogP contribution >= 0.6 is 0 Å². The standard InChI is InChI=1S/C24H28N4O3S/c29-16-28(20-10-11-20)23-14-22(21-12-13-25-24(21)26-23)18-6-8-19(9-7-18)27-32(30,31)15-17-4-2-1-3-5-17/h6-9,12-14,16-17,20,27H,1-5,10-11,15H2,(H,25,26). The van der Waals surface area contributed by atoms with Crippen molar-refractivity contribution in [1.29, 1.82) is 0 Å². The molecule has 0 unspecified atom stereocenters. The van der Waals surface area contributed by atoms with Gasteiger partial charge in [-0.2, -0.15) is 0 Å². The third-order valence-corrected chi connectivity index (χ3v) is 7.94. The molecule has 32 heavy (non-hydrogen) atoms. The Morgan fingerprint density at radius 1 is 1.06 bits per heavy atom. The summed E-state index contributed by atoms with van der Waals surface area (Å²) in [5.41, 5.74) is 3.18. The molecule has 0 bridgehead atoms. The quantitative estimate of drug-likeness (QED) is 0.485. The van der Waals surface area contributed by atoms with E-state index >= 15 is 0 Å². The molecule has 1 amide bonds. The van der Waals surface area contributed by atoms with E-state index in [2.05, 4.69) is 14.7 Å². The molecule has 2 heterocycles. The molecular weight excluding hydrogens is 424 g/mol. The molecule has 3 aromatic rings. The molecule has 7 nitrogen and oxygen atoms in total. The molecule has 168 valence electrons. The molecule has 8 heteroatoms. The fourth-order valence-corrected chi connectivity index (χ4v) is 6.21. The summed E-state index contributed by atoms with van der Waals surface area (Å²) in [6, 6.07) is 11.5. The first-order valence-electron chi connectivity index (χ1n) is 11.3. The van der Waals surface area contributed by atoms with Gasteiger partial charge in [0.2, 0.25) is 16.4 Å². The van der Waals surface area contributed by atoms with Gasteiger partial charge in [-0.1, -0.05) is 31.4 Å². The molecule has 0 atom stereocenters. The topological polar surface area (TPSA) is 95.2 Å². The average molecular weight is 453 g/mol. The van der Waals surface area contributed by atoms with Crippen LogP contribution in [0.3, 0.4) is 0 Å². The molecule has 2 aromatic heterocycles. The SMILES string of the molecule is O=CN(c1cc(-c2ccc(NS(=O)(=O)CC3CCCCC3)cc2)c2cc[nH]c2n1)C1CC1. The van der Waals surface area contributed by atoms with Crippen molar-refractivity contribution in [3.63, 3.8) is 0 Å². The van der Waals surface area contributed by atoms with Gasteiger partial charge in [0, 0.05) is 23.3 Å². The number of pyridine rings is 1. The highest BCUT2D eigenvalue weighted by atomic mass is 32.2. The number of amides is 1.